The molecule has 0 radical (unpaired) electrons. The number of nitrogens with zero attached hydrogens (tertiary/aromatic N) is 4. The number of aromatic nitrogens is 3. The van der Waals surface area contributed by atoms with E-state index >= 15 is 0 Å². The molecule has 1 N–H and O–H groups in total. The molecule has 1 saturated heterocycles. The summed E-state index contributed by atoms with van der Waals surface area (Å²) in [6.45, 7) is 4.66. The predicted molar refractivity (Wildman–Crippen MR) is 101 cm³/mol. The van der Waals surface area contributed by atoms with Crippen LogP contribution < -0.4 is 5.32 Å². The molecule has 2 aliphatic rings. The van der Waals surface area contributed by atoms with E-state index in [1.165, 1.54) is 19.3 Å². The zero-order chi connectivity index (χ0) is 17.8. The van der Waals surface area contributed by atoms with Crippen molar-refractivity contribution in [2.24, 2.45) is 13.0 Å². The normalized spacial score (nSPS) is 28.0. The number of carbonyl (C=O) groups excluding carboxylic acids is 1. The minimum Gasteiger partial charge on any atom is -0.352 e. The number of carbonyl (C=O) groups is 1. The Morgan fingerprint density at radius 2 is 2.04 bits per heavy atom. The van der Waals surface area contributed by atoms with Gasteiger partial charge in [-0.05, 0) is 44.4 Å². The summed E-state index contributed by atoms with van der Waals surface area (Å²) in [5.74, 6) is 2.21. The third-order valence-electron chi connectivity index (χ3n) is 5.75. The Morgan fingerprint density at radius 3 is 2.76 bits per heavy atom. The average molecular weight is 366 g/mol. The summed E-state index contributed by atoms with van der Waals surface area (Å²) in [6.07, 6.45) is 9.17. The second-order valence-corrected chi connectivity index (χ2v) is 8.39. The number of rotatable bonds is 5. The molecule has 7 heteroatoms. The van der Waals surface area contributed by atoms with E-state index in [0.29, 0.717) is 24.4 Å². The van der Waals surface area contributed by atoms with Crippen molar-refractivity contribution in [2.75, 3.05) is 25.9 Å². The van der Waals surface area contributed by atoms with Crippen LogP contribution in [0.3, 0.4) is 0 Å². The molecule has 2 fully saturated rings. The topological polar surface area (TPSA) is 63.1 Å². The van der Waals surface area contributed by atoms with Gasteiger partial charge in [0.1, 0.15) is 5.82 Å². The summed E-state index contributed by atoms with van der Waals surface area (Å²) in [5, 5.41) is 12.9. The molecule has 25 heavy (non-hydrogen) atoms. The maximum atomic E-state index is 12.5. The summed E-state index contributed by atoms with van der Waals surface area (Å²) in [6, 6.07) is 0.365. The fourth-order valence-corrected chi connectivity index (χ4v) is 4.75. The minimum atomic E-state index is 0.183. The molecule has 1 aromatic heterocycles. The number of thioether (sulfide) groups is 1. The Hall–Kier alpha value is -1.08. The Morgan fingerprint density at radius 1 is 1.24 bits per heavy atom. The van der Waals surface area contributed by atoms with Crippen molar-refractivity contribution < 1.29 is 4.79 Å². The molecular weight excluding hydrogens is 334 g/mol. The minimum absolute atomic E-state index is 0.183. The Balaban J connectivity index is 1.54. The molecule has 1 aliphatic heterocycles. The summed E-state index contributed by atoms with van der Waals surface area (Å²) >= 11 is 1.62. The lowest BCUT2D eigenvalue weighted by Crippen LogP contribution is -2.47. The zero-order valence-corrected chi connectivity index (χ0v) is 16.5. The Bertz CT molecular complexity index is 590. The van der Waals surface area contributed by atoms with Crippen LogP contribution in [0.25, 0.3) is 0 Å². The molecule has 1 saturated carbocycles. The molecule has 1 aliphatic carbocycles. The fraction of sp³-hybridized carbons (Fsp3) is 0.833. The first-order valence-corrected chi connectivity index (χ1v) is 10.8. The van der Waals surface area contributed by atoms with Gasteiger partial charge in [0.15, 0.2) is 5.16 Å². The van der Waals surface area contributed by atoms with Gasteiger partial charge in [-0.3, -0.25) is 9.69 Å². The first kappa shape index (κ1) is 18.7. The van der Waals surface area contributed by atoms with E-state index in [9.17, 15) is 4.79 Å². The predicted octanol–water partition coefficient (Wildman–Crippen LogP) is 2.41. The third-order valence-corrected chi connectivity index (χ3v) is 6.47. The van der Waals surface area contributed by atoms with Crippen molar-refractivity contribution in [3.63, 3.8) is 0 Å². The van der Waals surface area contributed by atoms with E-state index in [1.807, 2.05) is 13.3 Å². The van der Waals surface area contributed by atoms with Crippen molar-refractivity contribution >= 4 is 17.7 Å². The third kappa shape index (κ3) is 4.56. The molecule has 0 aromatic carbocycles. The fourth-order valence-electron chi connectivity index (χ4n) is 4.26. The van der Waals surface area contributed by atoms with E-state index in [4.69, 9.17) is 0 Å². The van der Waals surface area contributed by atoms with Crippen molar-refractivity contribution in [3.8, 4) is 0 Å². The summed E-state index contributed by atoms with van der Waals surface area (Å²) in [5.41, 5.74) is 0. The van der Waals surface area contributed by atoms with Crippen molar-refractivity contribution in [3.05, 3.63) is 5.82 Å². The van der Waals surface area contributed by atoms with Crippen LogP contribution in [0.15, 0.2) is 5.16 Å². The Labute approximate surface area is 155 Å². The lowest BCUT2D eigenvalue weighted by Gasteiger charge is -2.33. The number of hydrogen-bond donors (Lipinski definition) is 1. The van der Waals surface area contributed by atoms with Crippen molar-refractivity contribution in [2.45, 2.75) is 62.6 Å². The van der Waals surface area contributed by atoms with Crippen LogP contribution in [0, 0.1) is 5.92 Å². The molecule has 0 unspecified atom stereocenters. The average Bonchev–Trinajstić information content (AvgIpc) is 2.98. The van der Waals surface area contributed by atoms with Gasteiger partial charge in [-0.2, -0.15) is 0 Å². The van der Waals surface area contributed by atoms with Crippen molar-refractivity contribution in [1.82, 2.24) is 25.0 Å². The highest BCUT2D eigenvalue weighted by atomic mass is 32.2. The highest BCUT2D eigenvalue weighted by molar-refractivity contribution is 7.98. The number of likely N-dealkylation sites (tertiary alicyclic amines) is 1. The van der Waals surface area contributed by atoms with Crippen LogP contribution in [0.5, 0.6) is 0 Å². The van der Waals surface area contributed by atoms with Crippen LogP contribution in [-0.2, 0) is 11.8 Å². The number of amides is 1. The maximum Gasteiger partial charge on any atom is 0.234 e. The summed E-state index contributed by atoms with van der Waals surface area (Å²) in [7, 11) is 2.04. The summed E-state index contributed by atoms with van der Waals surface area (Å²) in [4.78, 5) is 14.8. The molecule has 1 aromatic rings. The second kappa shape index (κ2) is 8.54. The van der Waals surface area contributed by atoms with E-state index in [0.717, 1.165) is 43.3 Å². The lowest BCUT2D eigenvalue weighted by molar-refractivity contribution is -0.123. The van der Waals surface area contributed by atoms with Crippen LogP contribution in [0.2, 0.25) is 0 Å². The van der Waals surface area contributed by atoms with Gasteiger partial charge in [0.25, 0.3) is 0 Å². The van der Waals surface area contributed by atoms with Gasteiger partial charge in [-0.1, -0.05) is 31.5 Å². The first-order chi connectivity index (χ1) is 12.1. The van der Waals surface area contributed by atoms with Gasteiger partial charge in [0, 0.05) is 25.6 Å². The Kier molecular flexibility index (Phi) is 6.39. The van der Waals surface area contributed by atoms with E-state index in [1.54, 1.807) is 11.8 Å². The quantitative estimate of drug-likeness (QED) is 0.812. The van der Waals surface area contributed by atoms with Gasteiger partial charge in [-0.25, -0.2) is 0 Å². The standard InChI is InChI=1S/C18H31N5OS/c1-13-7-4-5-9-15(13)19-16(24)12-23-10-6-8-14(11-23)17-20-21-18(25-3)22(17)2/h13-15H,4-12H2,1-3H3,(H,19,24)/t13-,14+,15-/m1/s1. The van der Waals surface area contributed by atoms with Crippen LogP contribution >= 0.6 is 11.8 Å². The smallest absolute Gasteiger partial charge is 0.234 e. The van der Waals surface area contributed by atoms with Crippen molar-refractivity contribution in [1.29, 1.82) is 0 Å². The number of hydrogen-bond acceptors (Lipinski definition) is 5. The second-order valence-electron chi connectivity index (χ2n) is 7.61. The maximum absolute atomic E-state index is 12.5. The van der Waals surface area contributed by atoms with E-state index in [2.05, 4.69) is 31.9 Å². The van der Waals surface area contributed by atoms with Crippen LogP contribution in [-0.4, -0.2) is 57.5 Å². The zero-order valence-electron chi connectivity index (χ0n) is 15.7. The first-order valence-electron chi connectivity index (χ1n) is 9.53. The van der Waals surface area contributed by atoms with Gasteiger partial charge in [0.2, 0.25) is 5.91 Å². The van der Waals surface area contributed by atoms with Gasteiger partial charge >= 0.3 is 0 Å². The molecule has 140 valence electrons. The summed E-state index contributed by atoms with van der Waals surface area (Å²) < 4.78 is 2.10. The van der Waals surface area contributed by atoms with Crippen LogP contribution in [0.4, 0.5) is 0 Å². The molecule has 3 atom stereocenters. The van der Waals surface area contributed by atoms with Gasteiger partial charge in [0.05, 0.1) is 6.54 Å². The van der Waals surface area contributed by atoms with Crippen LogP contribution in [0.1, 0.15) is 57.2 Å². The van der Waals surface area contributed by atoms with Gasteiger partial charge in [-0.15, -0.1) is 10.2 Å². The molecule has 6 nitrogen and oxygen atoms in total. The number of nitrogens with one attached hydrogen (secondary N) is 1. The monoisotopic (exact) mass is 365 g/mol. The molecule has 1 amide bonds. The molecule has 0 bridgehead atoms. The highest BCUT2D eigenvalue weighted by Crippen LogP contribution is 2.27. The molecule has 3 rings (SSSR count). The molecule has 2 heterocycles. The molecular formula is C18H31N5OS. The highest BCUT2D eigenvalue weighted by Gasteiger charge is 2.28. The lowest BCUT2D eigenvalue weighted by atomic mass is 9.86. The SMILES string of the molecule is CSc1nnc([C@H]2CCCN(CC(=O)N[C@@H]3CCCC[C@H]3C)C2)n1C. The number of piperidine rings is 1. The largest absolute Gasteiger partial charge is 0.352 e. The molecule has 0 spiro atoms. The van der Waals surface area contributed by atoms with E-state index in [-0.39, 0.29) is 5.91 Å². The van der Waals surface area contributed by atoms with Gasteiger partial charge < -0.3 is 9.88 Å². The van der Waals surface area contributed by atoms with E-state index < -0.39 is 0 Å².